The first kappa shape index (κ1) is 12.5. The third-order valence-electron chi connectivity index (χ3n) is 4.13. The van der Waals surface area contributed by atoms with Gasteiger partial charge in [0.15, 0.2) is 0 Å². The molecule has 0 radical (unpaired) electrons. The Kier molecular flexibility index (Phi) is 4.03. The molecular formula is C12H22IN. The zero-order valence-electron chi connectivity index (χ0n) is 9.27. The Hall–Kier alpha value is 0.430. The summed E-state index contributed by atoms with van der Waals surface area (Å²) in [6.45, 7) is 7.83. The van der Waals surface area contributed by atoms with Gasteiger partial charge in [-0.2, -0.15) is 0 Å². The first-order valence-electron chi connectivity index (χ1n) is 5.63. The molecule has 2 aliphatic rings. The van der Waals surface area contributed by atoms with Gasteiger partial charge in [0, 0.05) is 11.8 Å². The van der Waals surface area contributed by atoms with Crippen molar-refractivity contribution in [3.8, 4) is 0 Å². The quantitative estimate of drug-likeness (QED) is 0.370. The Labute approximate surface area is 105 Å². The van der Waals surface area contributed by atoms with E-state index in [9.17, 15) is 0 Å². The van der Waals surface area contributed by atoms with E-state index in [1.165, 1.54) is 56.2 Å². The fraction of sp³-hybridized carbons (Fsp3) is 0.833. The van der Waals surface area contributed by atoms with E-state index in [-0.39, 0.29) is 24.0 Å². The van der Waals surface area contributed by atoms with Crippen LogP contribution in [0.15, 0.2) is 12.7 Å². The monoisotopic (exact) mass is 307 g/mol. The number of likely N-dealkylation sites (tertiary alicyclic amines) is 1. The topological polar surface area (TPSA) is 0 Å². The molecule has 1 atom stereocenters. The van der Waals surface area contributed by atoms with Crippen LogP contribution < -0.4 is 24.0 Å². The first-order chi connectivity index (χ1) is 6.18. The fourth-order valence-corrected chi connectivity index (χ4v) is 3.48. The van der Waals surface area contributed by atoms with E-state index in [1.54, 1.807) is 0 Å². The van der Waals surface area contributed by atoms with Gasteiger partial charge in [0.25, 0.3) is 0 Å². The lowest BCUT2D eigenvalue weighted by atomic mass is 9.85. The maximum Gasteiger partial charge on any atom is 0.0969 e. The summed E-state index contributed by atoms with van der Waals surface area (Å²) in [4.78, 5) is 0. The number of quaternary nitrogens is 1. The minimum absolute atomic E-state index is 0. The van der Waals surface area contributed by atoms with Crippen LogP contribution in [-0.4, -0.2) is 31.2 Å². The van der Waals surface area contributed by atoms with E-state index in [4.69, 9.17) is 0 Å². The molecule has 0 N–H and O–H groups in total. The molecule has 1 saturated carbocycles. The SMILES string of the molecule is C=CC[N+]1(C)CCC2(CCCC2)C1.[I-]. The van der Waals surface area contributed by atoms with Gasteiger partial charge in [0.05, 0.1) is 26.7 Å². The lowest BCUT2D eigenvalue weighted by Gasteiger charge is -2.30. The summed E-state index contributed by atoms with van der Waals surface area (Å²) in [6, 6.07) is 0. The molecule has 14 heavy (non-hydrogen) atoms. The summed E-state index contributed by atoms with van der Waals surface area (Å²) >= 11 is 0. The van der Waals surface area contributed by atoms with Crippen molar-refractivity contribution in [3.05, 3.63) is 12.7 Å². The predicted molar refractivity (Wildman–Crippen MR) is 56.5 cm³/mol. The Bertz CT molecular complexity index is 208. The summed E-state index contributed by atoms with van der Waals surface area (Å²) in [5.74, 6) is 0. The molecule has 1 aliphatic heterocycles. The molecule has 0 aromatic heterocycles. The zero-order chi connectivity index (χ0) is 9.36. The third-order valence-corrected chi connectivity index (χ3v) is 4.13. The van der Waals surface area contributed by atoms with Gasteiger partial charge in [0.1, 0.15) is 0 Å². The van der Waals surface area contributed by atoms with Gasteiger partial charge in [-0.3, -0.25) is 0 Å². The molecular weight excluding hydrogens is 285 g/mol. The highest BCUT2D eigenvalue weighted by atomic mass is 127. The van der Waals surface area contributed by atoms with Crippen LogP contribution in [0.25, 0.3) is 0 Å². The molecule has 2 fully saturated rings. The lowest BCUT2D eigenvalue weighted by Crippen LogP contribution is -3.00. The van der Waals surface area contributed by atoms with Crippen LogP contribution in [0.5, 0.6) is 0 Å². The maximum absolute atomic E-state index is 3.87. The van der Waals surface area contributed by atoms with Crippen LogP contribution in [0.1, 0.15) is 32.1 Å². The van der Waals surface area contributed by atoms with Crippen LogP contribution in [0.3, 0.4) is 0 Å². The molecule has 0 bridgehead atoms. The summed E-state index contributed by atoms with van der Waals surface area (Å²) in [7, 11) is 2.40. The molecule has 2 heteroatoms. The molecule has 0 aromatic rings. The van der Waals surface area contributed by atoms with Crippen molar-refractivity contribution in [1.82, 2.24) is 0 Å². The second-order valence-electron chi connectivity index (χ2n) is 5.43. The summed E-state index contributed by atoms with van der Waals surface area (Å²) in [5.41, 5.74) is 0.748. The molecule has 1 saturated heterocycles. The van der Waals surface area contributed by atoms with Crippen molar-refractivity contribution in [3.63, 3.8) is 0 Å². The number of nitrogens with zero attached hydrogens (tertiary/aromatic N) is 1. The van der Waals surface area contributed by atoms with Gasteiger partial charge in [-0.25, -0.2) is 0 Å². The Morgan fingerprint density at radius 2 is 1.93 bits per heavy atom. The van der Waals surface area contributed by atoms with E-state index in [0.29, 0.717) is 0 Å². The molecule has 1 nitrogen and oxygen atoms in total. The average Bonchev–Trinajstić information content (AvgIpc) is 2.63. The molecule has 82 valence electrons. The van der Waals surface area contributed by atoms with Gasteiger partial charge in [-0.05, 0) is 18.9 Å². The van der Waals surface area contributed by atoms with Gasteiger partial charge in [-0.1, -0.05) is 19.4 Å². The third kappa shape index (κ3) is 2.32. The van der Waals surface area contributed by atoms with Crippen LogP contribution in [0.4, 0.5) is 0 Å². The second-order valence-corrected chi connectivity index (χ2v) is 5.43. The number of halogens is 1. The van der Waals surface area contributed by atoms with Crippen molar-refractivity contribution in [2.45, 2.75) is 32.1 Å². The standard InChI is InChI=1S/C12H22N.HI/c1-3-9-13(2)10-8-12(11-13)6-4-5-7-12;/h3H,1,4-11H2,2H3;1H/q+1;/p-1. The summed E-state index contributed by atoms with van der Waals surface area (Å²) in [5, 5.41) is 0. The van der Waals surface area contributed by atoms with Gasteiger partial charge in [-0.15, -0.1) is 0 Å². The van der Waals surface area contributed by atoms with E-state index >= 15 is 0 Å². The Morgan fingerprint density at radius 1 is 1.29 bits per heavy atom. The normalized spacial score (nSPS) is 34.4. The van der Waals surface area contributed by atoms with Crippen molar-refractivity contribution < 1.29 is 28.5 Å². The molecule has 1 unspecified atom stereocenters. The average molecular weight is 307 g/mol. The molecule has 1 aliphatic carbocycles. The Balaban J connectivity index is 0.000000980. The largest absolute Gasteiger partial charge is 1.00 e. The lowest BCUT2D eigenvalue weighted by molar-refractivity contribution is -0.894. The highest BCUT2D eigenvalue weighted by molar-refractivity contribution is 4.88. The maximum atomic E-state index is 3.87. The van der Waals surface area contributed by atoms with E-state index < -0.39 is 0 Å². The summed E-state index contributed by atoms with van der Waals surface area (Å²) in [6.07, 6.45) is 9.52. The number of likely N-dealkylation sites (N-methyl/N-ethyl adjacent to an activating group) is 1. The van der Waals surface area contributed by atoms with Crippen LogP contribution in [0.2, 0.25) is 0 Å². The highest BCUT2D eigenvalue weighted by Crippen LogP contribution is 2.47. The fourth-order valence-electron chi connectivity index (χ4n) is 3.48. The van der Waals surface area contributed by atoms with E-state index in [2.05, 4.69) is 19.7 Å². The van der Waals surface area contributed by atoms with Gasteiger partial charge < -0.3 is 28.5 Å². The molecule has 0 aromatic carbocycles. The van der Waals surface area contributed by atoms with Crippen molar-refractivity contribution in [2.75, 3.05) is 26.7 Å². The van der Waals surface area contributed by atoms with E-state index in [1.807, 2.05) is 0 Å². The second kappa shape index (κ2) is 4.52. The summed E-state index contributed by atoms with van der Waals surface area (Å²) < 4.78 is 1.25. The molecule has 2 rings (SSSR count). The van der Waals surface area contributed by atoms with Crippen LogP contribution in [-0.2, 0) is 0 Å². The molecule has 1 spiro atoms. The smallest absolute Gasteiger partial charge is 0.0969 e. The predicted octanol–water partition coefficient (Wildman–Crippen LogP) is -0.413. The van der Waals surface area contributed by atoms with Crippen molar-refractivity contribution in [2.24, 2.45) is 5.41 Å². The van der Waals surface area contributed by atoms with Gasteiger partial charge in [0.2, 0.25) is 0 Å². The number of hydrogen-bond acceptors (Lipinski definition) is 0. The van der Waals surface area contributed by atoms with E-state index in [0.717, 1.165) is 5.41 Å². The highest BCUT2D eigenvalue weighted by Gasteiger charge is 2.47. The minimum atomic E-state index is 0. The van der Waals surface area contributed by atoms with Crippen LogP contribution in [0, 0.1) is 5.41 Å². The minimum Gasteiger partial charge on any atom is -1.00 e. The molecule has 0 amide bonds. The number of hydrogen-bond donors (Lipinski definition) is 0. The van der Waals surface area contributed by atoms with Crippen molar-refractivity contribution >= 4 is 0 Å². The number of rotatable bonds is 2. The first-order valence-corrected chi connectivity index (χ1v) is 5.63. The Morgan fingerprint density at radius 3 is 2.50 bits per heavy atom. The zero-order valence-corrected chi connectivity index (χ0v) is 11.4. The molecule has 1 heterocycles. The van der Waals surface area contributed by atoms with Crippen LogP contribution >= 0.6 is 0 Å². The van der Waals surface area contributed by atoms with Gasteiger partial charge >= 0.3 is 0 Å². The van der Waals surface area contributed by atoms with Crippen molar-refractivity contribution in [1.29, 1.82) is 0 Å².